The van der Waals surface area contributed by atoms with Gasteiger partial charge in [0.25, 0.3) is 0 Å². The Balaban J connectivity index is 3.63. The van der Waals surface area contributed by atoms with Crippen LogP contribution in [0.2, 0.25) is 0 Å². The van der Waals surface area contributed by atoms with Gasteiger partial charge in [0.2, 0.25) is 0 Å². The first-order valence-corrected chi connectivity index (χ1v) is 3.63. The fraction of sp³-hybridized carbons (Fsp3) is 1.00. The van der Waals surface area contributed by atoms with Crippen LogP contribution in [0.5, 0.6) is 0 Å². The standard InChI is InChI=1S/C8H18O2/c1-8(2,3)5-7(6-9)10-4/h7,9H,5-6H2,1-4H3. The van der Waals surface area contributed by atoms with E-state index in [0.717, 1.165) is 6.42 Å². The first-order valence-electron chi connectivity index (χ1n) is 3.63. The second-order valence-corrected chi connectivity index (χ2v) is 3.81. The number of ether oxygens (including phenoxy) is 1. The first kappa shape index (κ1) is 9.92. The first-order chi connectivity index (χ1) is 4.49. The summed E-state index contributed by atoms with van der Waals surface area (Å²) in [4.78, 5) is 0. The number of methoxy groups -OCH3 is 1. The Morgan fingerprint density at radius 3 is 2.00 bits per heavy atom. The monoisotopic (exact) mass is 146 g/mol. The Labute approximate surface area is 63.2 Å². The maximum atomic E-state index is 8.76. The van der Waals surface area contributed by atoms with Crippen molar-refractivity contribution in [2.24, 2.45) is 5.41 Å². The fourth-order valence-corrected chi connectivity index (χ4v) is 0.905. The van der Waals surface area contributed by atoms with Gasteiger partial charge < -0.3 is 9.84 Å². The van der Waals surface area contributed by atoms with Crippen LogP contribution in [-0.4, -0.2) is 24.9 Å². The van der Waals surface area contributed by atoms with Crippen LogP contribution in [-0.2, 0) is 4.74 Å². The third kappa shape index (κ3) is 4.77. The quantitative estimate of drug-likeness (QED) is 0.652. The number of rotatable bonds is 3. The average molecular weight is 146 g/mol. The van der Waals surface area contributed by atoms with Crippen LogP contribution in [0.25, 0.3) is 0 Å². The van der Waals surface area contributed by atoms with Gasteiger partial charge in [0, 0.05) is 7.11 Å². The SMILES string of the molecule is COC(CO)CC(C)(C)C. The molecule has 0 aliphatic heterocycles. The molecule has 2 heteroatoms. The average Bonchev–Trinajstić information content (AvgIpc) is 1.81. The third-order valence-electron chi connectivity index (χ3n) is 1.38. The van der Waals surface area contributed by atoms with Gasteiger partial charge in [0.15, 0.2) is 0 Å². The molecule has 0 aromatic heterocycles. The van der Waals surface area contributed by atoms with Crippen LogP contribution in [0.1, 0.15) is 27.2 Å². The minimum atomic E-state index is -0.000000000000000444. The van der Waals surface area contributed by atoms with Crippen LogP contribution in [0.4, 0.5) is 0 Å². The molecular formula is C8H18O2. The van der Waals surface area contributed by atoms with E-state index in [1.54, 1.807) is 7.11 Å². The third-order valence-corrected chi connectivity index (χ3v) is 1.38. The molecule has 0 aromatic rings. The molecule has 62 valence electrons. The molecule has 0 amide bonds. The summed E-state index contributed by atoms with van der Waals surface area (Å²) in [7, 11) is 1.63. The van der Waals surface area contributed by atoms with Crippen molar-refractivity contribution in [3.8, 4) is 0 Å². The van der Waals surface area contributed by atoms with E-state index in [0.29, 0.717) is 0 Å². The van der Waals surface area contributed by atoms with E-state index in [1.165, 1.54) is 0 Å². The van der Waals surface area contributed by atoms with Crippen molar-refractivity contribution in [1.82, 2.24) is 0 Å². The normalized spacial score (nSPS) is 15.3. The van der Waals surface area contributed by atoms with Crippen LogP contribution in [0.3, 0.4) is 0 Å². The van der Waals surface area contributed by atoms with Gasteiger partial charge in [-0.1, -0.05) is 20.8 Å². The van der Waals surface area contributed by atoms with Gasteiger partial charge in [-0.15, -0.1) is 0 Å². The van der Waals surface area contributed by atoms with E-state index in [-0.39, 0.29) is 18.1 Å². The molecule has 0 spiro atoms. The Bertz CT molecular complexity index is 79.7. The smallest absolute Gasteiger partial charge is 0.0806 e. The second-order valence-electron chi connectivity index (χ2n) is 3.81. The molecule has 10 heavy (non-hydrogen) atoms. The fourth-order valence-electron chi connectivity index (χ4n) is 0.905. The van der Waals surface area contributed by atoms with Crippen LogP contribution in [0.15, 0.2) is 0 Å². The van der Waals surface area contributed by atoms with E-state index in [1.807, 2.05) is 0 Å². The molecule has 0 saturated heterocycles. The maximum Gasteiger partial charge on any atom is 0.0806 e. The molecule has 0 rings (SSSR count). The lowest BCUT2D eigenvalue weighted by molar-refractivity contribution is 0.0216. The van der Waals surface area contributed by atoms with Gasteiger partial charge in [-0.2, -0.15) is 0 Å². The van der Waals surface area contributed by atoms with Crippen molar-refractivity contribution in [3.05, 3.63) is 0 Å². The summed E-state index contributed by atoms with van der Waals surface area (Å²) >= 11 is 0. The van der Waals surface area contributed by atoms with Crippen LogP contribution in [0, 0.1) is 5.41 Å². The molecule has 0 aliphatic rings. The minimum Gasteiger partial charge on any atom is -0.394 e. The van der Waals surface area contributed by atoms with Crippen LogP contribution < -0.4 is 0 Å². The summed E-state index contributed by atoms with van der Waals surface area (Å²) in [6.45, 7) is 6.52. The molecule has 0 saturated carbocycles. The molecule has 0 fully saturated rings. The molecule has 0 heterocycles. The van der Waals surface area contributed by atoms with Crippen LogP contribution >= 0.6 is 0 Å². The molecule has 1 unspecified atom stereocenters. The molecule has 0 bridgehead atoms. The summed E-state index contributed by atoms with van der Waals surface area (Å²) in [5.41, 5.74) is 0.239. The largest absolute Gasteiger partial charge is 0.394 e. The lowest BCUT2D eigenvalue weighted by Crippen LogP contribution is -2.22. The topological polar surface area (TPSA) is 29.5 Å². The molecular weight excluding hydrogens is 128 g/mol. The minimum absolute atomic E-state index is 0.000000000000000444. The van der Waals surface area contributed by atoms with Crippen molar-refractivity contribution in [2.45, 2.75) is 33.3 Å². The van der Waals surface area contributed by atoms with E-state index < -0.39 is 0 Å². The highest BCUT2D eigenvalue weighted by molar-refractivity contribution is 4.67. The van der Waals surface area contributed by atoms with Gasteiger partial charge in [-0.05, 0) is 11.8 Å². The van der Waals surface area contributed by atoms with Crippen molar-refractivity contribution >= 4 is 0 Å². The lowest BCUT2D eigenvalue weighted by Gasteiger charge is -2.23. The van der Waals surface area contributed by atoms with Gasteiger partial charge in [-0.3, -0.25) is 0 Å². The number of hydrogen-bond acceptors (Lipinski definition) is 2. The zero-order chi connectivity index (χ0) is 8.20. The Morgan fingerprint density at radius 2 is 1.90 bits per heavy atom. The lowest BCUT2D eigenvalue weighted by atomic mass is 9.89. The summed E-state index contributed by atoms with van der Waals surface area (Å²) in [6, 6.07) is 0. The van der Waals surface area contributed by atoms with Gasteiger partial charge in [-0.25, -0.2) is 0 Å². The van der Waals surface area contributed by atoms with Gasteiger partial charge in [0.05, 0.1) is 12.7 Å². The molecule has 0 aliphatic carbocycles. The maximum absolute atomic E-state index is 8.76. The zero-order valence-corrected chi connectivity index (χ0v) is 7.35. The molecule has 0 aromatic carbocycles. The summed E-state index contributed by atoms with van der Waals surface area (Å²) in [6.07, 6.45) is 0.903. The predicted molar refractivity (Wildman–Crippen MR) is 42.0 cm³/mol. The Morgan fingerprint density at radius 1 is 1.40 bits per heavy atom. The molecule has 1 N–H and O–H groups in total. The summed E-state index contributed by atoms with van der Waals surface area (Å²) < 4.78 is 5.03. The number of hydrogen-bond donors (Lipinski definition) is 1. The van der Waals surface area contributed by atoms with Crippen molar-refractivity contribution < 1.29 is 9.84 Å². The van der Waals surface area contributed by atoms with Crippen molar-refractivity contribution in [3.63, 3.8) is 0 Å². The van der Waals surface area contributed by atoms with Crippen molar-refractivity contribution in [2.75, 3.05) is 13.7 Å². The number of aliphatic hydroxyl groups is 1. The summed E-state index contributed by atoms with van der Waals surface area (Å²) in [5.74, 6) is 0. The van der Waals surface area contributed by atoms with Gasteiger partial charge >= 0.3 is 0 Å². The zero-order valence-electron chi connectivity index (χ0n) is 7.35. The van der Waals surface area contributed by atoms with Crippen molar-refractivity contribution in [1.29, 1.82) is 0 Å². The highest BCUT2D eigenvalue weighted by atomic mass is 16.5. The number of aliphatic hydroxyl groups excluding tert-OH is 1. The Hall–Kier alpha value is -0.0800. The molecule has 2 nitrogen and oxygen atoms in total. The van der Waals surface area contributed by atoms with E-state index in [2.05, 4.69) is 20.8 Å². The second kappa shape index (κ2) is 3.94. The molecule has 0 radical (unpaired) electrons. The Kier molecular flexibility index (Phi) is 3.91. The van der Waals surface area contributed by atoms with E-state index in [4.69, 9.17) is 9.84 Å². The highest BCUT2D eigenvalue weighted by Crippen LogP contribution is 2.21. The summed E-state index contributed by atoms with van der Waals surface area (Å²) in [5, 5.41) is 8.76. The van der Waals surface area contributed by atoms with E-state index in [9.17, 15) is 0 Å². The highest BCUT2D eigenvalue weighted by Gasteiger charge is 2.16. The predicted octanol–water partition coefficient (Wildman–Crippen LogP) is 1.43. The van der Waals surface area contributed by atoms with Gasteiger partial charge in [0.1, 0.15) is 0 Å². The molecule has 1 atom stereocenters. The van der Waals surface area contributed by atoms with E-state index >= 15 is 0 Å².